The number of ether oxygens (including phenoxy) is 1. The number of nitrogens with zero attached hydrogens (tertiary/aromatic N) is 1. The molecule has 2 rings (SSSR count). The van der Waals surface area contributed by atoms with E-state index in [0.29, 0.717) is 17.3 Å². The van der Waals surface area contributed by atoms with Gasteiger partial charge >= 0.3 is 0 Å². The van der Waals surface area contributed by atoms with Gasteiger partial charge in [-0.1, -0.05) is 0 Å². The van der Waals surface area contributed by atoms with E-state index in [1.165, 1.54) is 18.4 Å². The normalized spacial score (nSPS) is 10.8. The number of benzene rings is 1. The zero-order valence-corrected chi connectivity index (χ0v) is 9.65. The van der Waals surface area contributed by atoms with Crippen LogP contribution in [0.2, 0.25) is 0 Å². The number of aromatic nitrogens is 1. The first-order valence-electron chi connectivity index (χ1n) is 4.70. The van der Waals surface area contributed by atoms with E-state index in [2.05, 4.69) is 4.98 Å². The van der Waals surface area contributed by atoms with Gasteiger partial charge in [0.05, 0.1) is 12.3 Å². The molecule has 90 valence electrons. The Kier molecular flexibility index (Phi) is 3.44. The summed E-state index contributed by atoms with van der Waals surface area (Å²) in [6.45, 7) is 0.322. The van der Waals surface area contributed by atoms with Crippen molar-refractivity contribution in [1.82, 2.24) is 4.98 Å². The number of thiazole rings is 1. The maximum Gasteiger partial charge on any atom is 0.194 e. The molecule has 0 unspecified atom stereocenters. The predicted molar refractivity (Wildman–Crippen MR) is 58.1 cm³/mol. The Hall–Kier alpha value is -1.40. The number of methoxy groups -OCH3 is 1. The van der Waals surface area contributed by atoms with Gasteiger partial charge in [0, 0.05) is 18.1 Å². The highest BCUT2D eigenvalue weighted by atomic mass is 32.1. The highest BCUT2D eigenvalue weighted by Gasteiger charge is 2.13. The fourth-order valence-corrected chi connectivity index (χ4v) is 2.13. The molecule has 0 saturated heterocycles. The van der Waals surface area contributed by atoms with Crippen LogP contribution in [0.15, 0.2) is 17.5 Å². The predicted octanol–water partition coefficient (Wildman–Crippen LogP) is 3.37. The molecule has 0 aliphatic rings. The Morgan fingerprint density at radius 1 is 1.24 bits per heavy atom. The van der Waals surface area contributed by atoms with Gasteiger partial charge in [-0.25, -0.2) is 18.2 Å². The first-order valence-corrected chi connectivity index (χ1v) is 5.58. The second-order valence-electron chi connectivity index (χ2n) is 3.33. The second-order valence-corrected chi connectivity index (χ2v) is 4.19. The molecule has 17 heavy (non-hydrogen) atoms. The lowest BCUT2D eigenvalue weighted by molar-refractivity contribution is 0.182. The molecule has 2 nitrogen and oxygen atoms in total. The van der Waals surface area contributed by atoms with Crippen molar-refractivity contribution in [2.45, 2.75) is 6.61 Å². The first-order chi connectivity index (χ1) is 8.11. The van der Waals surface area contributed by atoms with Gasteiger partial charge in [0.2, 0.25) is 0 Å². The van der Waals surface area contributed by atoms with Crippen LogP contribution >= 0.6 is 11.3 Å². The van der Waals surface area contributed by atoms with E-state index in [1.807, 2.05) is 0 Å². The van der Waals surface area contributed by atoms with E-state index < -0.39 is 17.5 Å². The third-order valence-electron chi connectivity index (χ3n) is 2.07. The average molecular weight is 259 g/mol. The Labute approximate surface area is 99.7 Å². The maximum absolute atomic E-state index is 13.0. The number of rotatable bonds is 3. The van der Waals surface area contributed by atoms with Gasteiger partial charge in [0.1, 0.15) is 5.01 Å². The van der Waals surface area contributed by atoms with Gasteiger partial charge in [-0.05, 0) is 12.1 Å². The van der Waals surface area contributed by atoms with Crippen LogP contribution in [-0.2, 0) is 11.3 Å². The third-order valence-corrected chi connectivity index (χ3v) is 3.01. The van der Waals surface area contributed by atoms with Crippen LogP contribution < -0.4 is 0 Å². The maximum atomic E-state index is 13.0. The fraction of sp³-hybridized carbons (Fsp3) is 0.182. The Morgan fingerprint density at radius 3 is 2.47 bits per heavy atom. The van der Waals surface area contributed by atoms with E-state index in [1.54, 1.807) is 5.38 Å². The summed E-state index contributed by atoms with van der Waals surface area (Å²) in [5.41, 5.74) is 0.881. The van der Waals surface area contributed by atoms with Crippen molar-refractivity contribution < 1.29 is 17.9 Å². The Bertz CT molecular complexity index is 518. The van der Waals surface area contributed by atoms with Gasteiger partial charge in [-0.3, -0.25) is 0 Å². The molecule has 0 fully saturated rings. The van der Waals surface area contributed by atoms with Crippen LogP contribution in [-0.4, -0.2) is 12.1 Å². The lowest BCUT2D eigenvalue weighted by Gasteiger charge is -1.99. The number of hydrogen-bond acceptors (Lipinski definition) is 3. The smallest absolute Gasteiger partial charge is 0.194 e. The largest absolute Gasteiger partial charge is 0.378 e. The Morgan fingerprint density at radius 2 is 1.88 bits per heavy atom. The molecule has 0 saturated carbocycles. The van der Waals surface area contributed by atoms with Crippen molar-refractivity contribution in [2.24, 2.45) is 0 Å². The van der Waals surface area contributed by atoms with E-state index in [9.17, 15) is 13.2 Å². The van der Waals surface area contributed by atoms with Gasteiger partial charge in [-0.2, -0.15) is 0 Å². The summed E-state index contributed by atoms with van der Waals surface area (Å²) in [6.07, 6.45) is 0. The van der Waals surface area contributed by atoms with Crippen LogP contribution in [0, 0.1) is 17.5 Å². The molecule has 0 bridgehead atoms. The molecular formula is C11H8F3NOS. The fourth-order valence-electron chi connectivity index (χ4n) is 1.33. The summed E-state index contributed by atoms with van der Waals surface area (Å²) in [5.74, 6) is -3.91. The standard InChI is InChI=1S/C11H8F3NOS/c1-16-4-7-5-17-11(15-7)6-2-8(12)10(14)9(13)3-6/h2-3,5H,4H2,1H3. The summed E-state index contributed by atoms with van der Waals surface area (Å²) >= 11 is 1.22. The van der Waals surface area contributed by atoms with Crippen LogP contribution in [0.4, 0.5) is 13.2 Å². The summed E-state index contributed by atoms with van der Waals surface area (Å²) in [6, 6.07) is 1.85. The molecule has 1 aromatic carbocycles. The first kappa shape index (κ1) is 12.1. The van der Waals surface area contributed by atoms with Crippen LogP contribution in [0.1, 0.15) is 5.69 Å². The van der Waals surface area contributed by atoms with Gasteiger partial charge in [-0.15, -0.1) is 11.3 Å². The molecule has 6 heteroatoms. The second kappa shape index (κ2) is 4.85. The highest BCUT2D eigenvalue weighted by Crippen LogP contribution is 2.26. The third kappa shape index (κ3) is 2.48. The summed E-state index contributed by atoms with van der Waals surface area (Å²) in [4.78, 5) is 4.12. The molecule has 1 aromatic heterocycles. The molecule has 0 radical (unpaired) electrons. The summed E-state index contributed by atoms with van der Waals surface area (Å²) < 4.78 is 43.7. The van der Waals surface area contributed by atoms with Crippen LogP contribution in [0.5, 0.6) is 0 Å². The minimum absolute atomic E-state index is 0.216. The quantitative estimate of drug-likeness (QED) is 0.788. The molecule has 0 aliphatic carbocycles. The molecular weight excluding hydrogens is 251 g/mol. The van der Waals surface area contributed by atoms with E-state index in [0.717, 1.165) is 12.1 Å². The molecule has 2 aromatic rings. The summed E-state index contributed by atoms with van der Waals surface area (Å²) in [7, 11) is 1.52. The van der Waals surface area contributed by atoms with Crippen molar-refractivity contribution in [3.8, 4) is 10.6 Å². The average Bonchev–Trinajstić information content (AvgIpc) is 2.74. The van der Waals surface area contributed by atoms with E-state index in [4.69, 9.17) is 4.74 Å². The molecule has 0 atom stereocenters. The zero-order chi connectivity index (χ0) is 12.4. The minimum Gasteiger partial charge on any atom is -0.378 e. The van der Waals surface area contributed by atoms with Crippen LogP contribution in [0.3, 0.4) is 0 Å². The lowest BCUT2D eigenvalue weighted by atomic mass is 10.2. The van der Waals surface area contributed by atoms with Gasteiger partial charge in [0.25, 0.3) is 0 Å². The lowest BCUT2D eigenvalue weighted by Crippen LogP contribution is -1.92. The Balaban J connectivity index is 2.39. The molecule has 0 N–H and O–H groups in total. The van der Waals surface area contributed by atoms with Gasteiger partial charge < -0.3 is 4.74 Å². The molecule has 0 amide bonds. The molecule has 0 spiro atoms. The molecule has 1 heterocycles. The monoisotopic (exact) mass is 259 g/mol. The van der Waals surface area contributed by atoms with Crippen LogP contribution in [0.25, 0.3) is 10.6 Å². The van der Waals surface area contributed by atoms with Crippen molar-refractivity contribution in [2.75, 3.05) is 7.11 Å². The van der Waals surface area contributed by atoms with Crippen molar-refractivity contribution in [1.29, 1.82) is 0 Å². The SMILES string of the molecule is COCc1csc(-c2cc(F)c(F)c(F)c2)n1. The minimum atomic E-state index is -1.47. The summed E-state index contributed by atoms with van der Waals surface area (Å²) in [5, 5.41) is 2.15. The van der Waals surface area contributed by atoms with E-state index >= 15 is 0 Å². The van der Waals surface area contributed by atoms with Crippen molar-refractivity contribution >= 4 is 11.3 Å². The topological polar surface area (TPSA) is 22.1 Å². The van der Waals surface area contributed by atoms with Crippen molar-refractivity contribution in [3.05, 3.63) is 40.7 Å². The highest BCUT2D eigenvalue weighted by molar-refractivity contribution is 7.13. The number of hydrogen-bond donors (Lipinski definition) is 0. The molecule has 0 aliphatic heterocycles. The zero-order valence-electron chi connectivity index (χ0n) is 8.84. The number of halogens is 3. The van der Waals surface area contributed by atoms with E-state index in [-0.39, 0.29) is 5.56 Å². The van der Waals surface area contributed by atoms with Crippen molar-refractivity contribution in [3.63, 3.8) is 0 Å². The van der Waals surface area contributed by atoms with Gasteiger partial charge in [0.15, 0.2) is 17.5 Å².